The second-order valence-electron chi connectivity index (χ2n) is 3.49. The van der Waals surface area contributed by atoms with Crippen molar-refractivity contribution in [3.63, 3.8) is 0 Å². The lowest BCUT2D eigenvalue weighted by Crippen LogP contribution is -2.36. The first kappa shape index (κ1) is 15.6. The quantitative estimate of drug-likeness (QED) is 0.451. The molecule has 0 aromatic heterocycles. The molecule has 0 atom stereocenters. The van der Waals surface area contributed by atoms with Gasteiger partial charge >= 0.3 is 0 Å². The molecular weight excluding hydrogens is 224 g/mol. The Labute approximate surface area is 104 Å². The van der Waals surface area contributed by atoms with Crippen LogP contribution in [0.5, 0.6) is 0 Å². The first-order valence-electron chi connectivity index (χ1n) is 5.89. The van der Waals surface area contributed by atoms with Crippen molar-refractivity contribution in [2.45, 2.75) is 26.2 Å². The summed E-state index contributed by atoms with van der Waals surface area (Å²) in [6.45, 7) is 6.23. The fraction of sp³-hybridized carbons (Fsp3) is 0.909. The zero-order valence-corrected chi connectivity index (χ0v) is 11.2. The van der Waals surface area contributed by atoms with Gasteiger partial charge in [0.1, 0.15) is 0 Å². The Balaban J connectivity index is 3.11. The number of ether oxygens (including phenoxy) is 2. The Morgan fingerprint density at radius 2 is 1.69 bits per heavy atom. The smallest absolute Gasteiger partial charge is 0.166 e. The highest BCUT2D eigenvalue weighted by molar-refractivity contribution is 7.80. The van der Waals surface area contributed by atoms with E-state index in [1.54, 1.807) is 7.11 Å². The van der Waals surface area contributed by atoms with Crippen molar-refractivity contribution in [2.24, 2.45) is 0 Å². The average Bonchev–Trinajstić information content (AvgIpc) is 2.29. The Morgan fingerprint density at radius 1 is 1.06 bits per heavy atom. The van der Waals surface area contributed by atoms with Gasteiger partial charge < -0.3 is 20.1 Å². The van der Waals surface area contributed by atoms with Crippen LogP contribution in [0.3, 0.4) is 0 Å². The summed E-state index contributed by atoms with van der Waals surface area (Å²) in [5, 5.41) is 6.97. The Bertz CT molecular complexity index is 168. The monoisotopic (exact) mass is 248 g/mol. The first-order chi connectivity index (χ1) is 7.81. The van der Waals surface area contributed by atoms with Crippen molar-refractivity contribution < 1.29 is 9.47 Å². The summed E-state index contributed by atoms with van der Waals surface area (Å²) in [4.78, 5) is 0. The zero-order valence-electron chi connectivity index (χ0n) is 10.4. The summed E-state index contributed by atoms with van der Waals surface area (Å²) < 4.78 is 10.3. The van der Waals surface area contributed by atoms with Gasteiger partial charge in [0, 0.05) is 40.0 Å². The molecule has 0 saturated heterocycles. The van der Waals surface area contributed by atoms with Gasteiger partial charge in [-0.25, -0.2) is 0 Å². The summed E-state index contributed by atoms with van der Waals surface area (Å²) in [6, 6.07) is 0. The van der Waals surface area contributed by atoms with Gasteiger partial charge in [0.2, 0.25) is 0 Å². The third kappa shape index (κ3) is 11.7. The van der Waals surface area contributed by atoms with Crippen LogP contribution in [0.4, 0.5) is 0 Å². The summed E-state index contributed by atoms with van der Waals surface area (Å²) >= 11 is 5.10. The van der Waals surface area contributed by atoms with Crippen LogP contribution in [-0.4, -0.2) is 45.1 Å². The summed E-state index contributed by atoms with van der Waals surface area (Å²) in [7, 11) is 1.70. The lowest BCUT2D eigenvalue weighted by atomic mass is 10.4. The predicted octanol–water partition coefficient (Wildman–Crippen LogP) is 1.30. The molecule has 96 valence electrons. The molecule has 16 heavy (non-hydrogen) atoms. The van der Waals surface area contributed by atoms with E-state index in [0.717, 1.165) is 52.2 Å². The minimum atomic E-state index is 0.714. The molecule has 5 heteroatoms. The van der Waals surface area contributed by atoms with E-state index in [4.69, 9.17) is 21.7 Å². The van der Waals surface area contributed by atoms with E-state index in [1.807, 2.05) is 0 Å². The summed E-state index contributed by atoms with van der Waals surface area (Å²) in [5.41, 5.74) is 0. The molecule has 0 aliphatic heterocycles. The molecule has 0 spiro atoms. The highest BCUT2D eigenvalue weighted by atomic mass is 32.1. The molecule has 4 nitrogen and oxygen atoms in total. The van der Waals surface area contributed by atoms with Crippen molar-refractivity contribution >= 4 is 17.3 Å². The van der Waals surface area contributed by atoms with Crippen molar-refractivity contribution in [1.82, 2.24) is 10.6 Å². The molecular formula is C11H24N2O2S. The molecule has 0 aliphatic carbocycles. The molecule has 0 radical (unpaired) electrons. The minimum absolute atomic E-state index is 0.714. The van der Waals surface area contributed by atoms with E-state index < -0.39 is 0 Å². The largest absolute Gasteiger partial charge is 0.385 e. The van der Waals surface area contributed by atoms with E-state index in [1.165, 1.54) is 0 Å². The number of hydrogen-bond donors (Lipinski definition) is 2. The van der Waals surface area contributed by atoms with E-state index in [2.05, 4.69) is 17.6 Å². The lowest BCUT2D eigenvalue weighted by Gasteiger charge is -2.10. The maximum Gasteiger partial charge on any atom is 0.166 e. The molecule has 0 rings (SSSR count). The van der Waals surface area contributed by atoms with Gasteiger partial charge in [-0.3, -0.25) is 0 Å². The van der Waals surface area contributed by atoms with Gasteiger partial charge in [0.05, 0.1) is 0 Å². The number of rotatable bonds is 10. The Kier molecular flexibility index (Phi) is 12.4. The maximum atomic E-state index is 5.36. The molecule has 0 amide bonds. The molecule has 0 aliphatic rings. The fourth-order valence-corrected chi connectivity index (χ4v) is 1.31. The van der Waals surface area contributed by atoms with Gasteiger partial charge in [-0.05, 0) is 31.5 Å². The SMILES string of the molecule is CCCOCCCNC(=S)NCCCOC. The number of thiocarbonyl (C=S) groups is 1. The van der Waals surface area contributed by atoms with Crippen molar-refractivity contribution in [1.29, 1.82) is 0 Å². The van der Waals surface area contributed by atoms with E-state index in [-0.39, 0.29) is 0 Å². The molecule has 0 heterocycles. The van der Waals surface area contributed by atoms with Crippen LogP contribution in [0, 0.1) is 0 Å². The van der Waals surface area contributed by atoms with E-state index in [9.17, 15) is 0 Å². The van der Waals surface area contributed by atoms with Gasteiger partial charge in [0.25, 0.3) is 0 Å². The summed E-state index contributed by atoms with van der Waals surface area (Å²) in [5.74, 6) is 0. The van der Waals surface area contributed by atoms with E-state index in [0.29, 0.717) is 5.11 Å². The normalized spacial score (nSPS) is 10.1. The zero-order chi connectivity index (χ0) is 12.1. The second-order valence-corrected chi connectivity index (χ2v) is 3.90. The van der Waals surface area contributed by atoms with Crippen LogP contribution in [0.2, 0.25) is 0 Å². The van der Waals surface area contributed by atoms with Gasteiger partial charge in [-0.1, -0.05) is 6.92 Å². The standard InChI is InChI=1S/C11H24N2O2S/c1-3-8-15-10-5-7-13-11(16)12-6-4-9-14-2/h3-10H2,1-2H3,(H2,12,13,16). The van der Waals surface area contributed by atoms with Crippen LogP contribution in [0.25, 0.3) is 0 Å². The van der Waals surface area contributed by atoms with Gasteiger partial charge in [-0.15, -0.1) is 0 Å². The van der Waals surface area contributed by atoms with Gasteiger partial charge in [0.15, 0.2) is 5.11 Å². The highest BCUT2D eigenvalue weighted by Crippen LogP contribution is 1.84. The lowest BCUT2D eigenvalue weighted by molar-refractivity contribution is 0.133. The predicted molar refractivity (Wildman–Crippen MR) is 70.8 cm³/mol. The van der Waals surface area contributed by atoms with Crippen LogP contribution >= 0.6 is 12.2 Å². The van der Waals surface area contributed by atoms with Crippen molar-refractivity contribution in [2.75, 3.05) is 40.0 Å². The van der Waals surface area contributed by atoms with Crippen LogP contribution < -0.4 is 10.6 Å². The molecule has 0 bridgehead atoms. The van der Waals surface area contributed by atoms with Crippen molar-refractivity contribution in [3.8, 4) is 0 Å². The van der Waals surface area contributed by atoms with Gasteiger partial charge in [-0.2, -0.15) is 0 Å². The Hall–Kier alpha value is -0.390. The average molecular weight is 248 g/mol. The second kappa shape index (κ2) is 12.7. The highest BCUT2D eigenvalue weighted by Gasteiger charge is 1.94. The molecule has 0 aromatic rings. The number of nitrogens with one attached hydrogen (secondary N) is 2. The molecule has 2 N–H and O–H groups in total. The number of hydrogen-bond acceptors (Lipinski definition) is 3. The molecule has 0 saturated carbocycles. The topological polar surface area (TPSA) is 42.5 Å². The minimum Gasteiger partial charge on any atom is -0.385 e. The van der Waals surface area contributed by atoms with Crippen molar-refractivity contribution in [3.05, 3.63) is 0 Å². The van der Waals surface area contributed by atoms with Crippen LogP contribution in [0.15, 0.2) is 0 Å². The number of methoxy groups -OCH3 is 1. The molecule has 0 fully saturated rings. The first-order valence-corrected chi connectivity index (χ1v) is 6.30. The van der Waals surface area contributed by atoms with Crippen LogP contribution in [0.1, 0.15) is 26.2 Å². The Morgan fingerprint density at radius 3 is 2.25 bits per heavy atom. The molecule has 0 unspecified atom stereocenters. The molecule has 0 aromatic carbocycles. The third-order valence-corrected chi connectivity index (χ3v) is 2.20. The van der Waals surface area contributed by atoms with E-state index >= 15 is 0 Å². The summed E-state index contributed by atoms with van der Waals surface area (Å²) in [6.07, 6.45) is 3.03. The van der Waals surface area contributed by atoms with Crippen LogP contribution in [-0.2, 0) is 9.47 Å². The fourth-order valence-electron chi connectivity index (χ4n) is 1.10. The maximum absolute atomic E-state index is 5.36. The third-order valence-electron chi connectivity index (χ3n) is 1.91.